The van der Waals surface area contributed by atoms with E-state index in [0.717, 1.165) is 22.5 Å². The normalized spacial score (nSPS) is 21.4. The predicted octanol–water partition coefficient (Wildman–Crippen LogP) is 4.36. The molecule has 1 heterocycles. The van der Waals surface area contributed by atoms with Crippen molar-refractivity contribution in [2.75, 3.05) is 0 Å². The fourth-order valence-electron chi connectivity index (χ4n) is 3.30. The minimum atomic E-state index is -4.00. The van der Waals surface area contributed by atoms with Crippen LogP contribution in [0.5, 0.6) is 0 Å². The third-order valence-corrected chi connectivity index (χ3v) is 8.30. The van der Waals surface area contributed by atoms with E-state index in [1.807, 2.05) is 42.5 Å². The topological polar surface area (TPSA) is 83.5 Å². The minimum Gasteiger partial charge on any atom is -0.480 e. The molecule has 2 N–H and O–H groups in total. The molecule has 1 aliphatic carbocycles. The summed E-state index contributed by atoms with van der Waals surface area (Å²) >= 11 is 7.25. The molecule has 1 aliphatic rings. The molecule has 1 fully saturated rings. The predicted molar refractivity (Wildman–Crippen MR) is 109 cm³/mol. The molecule has 3 aromatic rings. The number of halogens is 1. The average molecular weight is 434 g/mol. The van der Waals surface area contributed by atoms with Crippen molar-refractivity contribution in [3.05, 3.63) is 77.3 Å². The Bertz CT molecular complexity index is 1140. The molecular weight excluding hydrogens is 418 g/mol. The Hall–Kier alpha value is -2.19. The van der Waals surface area contributed by atoms with Crippen LogP contribution in [0.25, 0.3) is 10.4 Å². The van der Waals surface area contributed by atoms with Crippen LogP contribution in [0, 0.1) is 0 Å². The Labute approximate surface area is 171 Å². The van der Waals surface area contributed by atoms with Crippen LogP contribution >= 0.6 is 22.9 Å². The Balaban J connectivity index is 1.63. The van der Waals surface area contributed by atoms with Crippen molar-refractivity contribution < 1.29 is 18.3 Å². The van der Waals surface area contributed by atoms with E-state index in [1.165, 1.54) is 6.07 Å². The molecule has 0 aliphatic heterocycles. The van der Waals surface area contributed by atoms with Crippen LogP contribution in [0.1, 0.15) is 17.9 Å². The van der Waals surface area contributed by atoms with Gasteiger partial charge in [0.05, 0.1) is 0 Å². The van der Waals surface area contributed by atoms with Gasteiger partial charge in [-0.05, 0) is 30.2 Å². The summed E-state index contributed by atoms with van der Waals surface area (Å²) in [5.41, 5.74) is 0.0158. The fourth-order valence-corrected chi connectivity index (χ4v) is 6.35. The second kappa shape index (κ2) is 7.00. The molecule has 1 saturated carbocycles. The number of carboxylic acids is 1. The summed E-state index contributed by atoms with van der Waals surface area (Å²) < 4.78 is 28.3. The summed E-state index contributed by atoms with van der Waals surface area (Å²) in [7, 11) is -4.00. The molecule has 0 unspecified atom stereocenters. The van der Waals surface area contributed by atoms with Crippen molar-refractivity contribution in [1.29, 1.82) is 0 Å². The van der Waals surface area contributed by atoms with E-state index < -0.39 is 27.4 Å². The SMILES string of the molecule is O=C(O)[C@]1(NS(=O)(=O)c2ccc(-c3ccccc3Cl)s2)C[C@@H]1c1ccccc1. The molecule has 1 aromatic heterocycles. The summed E-state index contributed by atoms with van der Waals surface area (Å²) in [6.07, 6.45) is 0.217. The lowest BCUT2D eigenvalue weighted by molar-refractivity contribution is -0.140. The highest BCUT2D eigenvalue weighted by atomic mass is 35.5. The summed E-state index contributed by atoms with van der Waals surface area (Å²) in [6.45, 7) is 0. The molecule has 0 spiro atoms. The maximum absolute atomic E-state index is 12.9. The maximum Gasteiger partial charge on any atom is 0.325 e. The van der Waals surface area contributed by atoms with Crippen LogP contribution in [0.3, 0.4) is 0 Å². The number of nitrogens with one attached hydrogen (secondary N) is 1. The van der Waals surface area contributed by atoms with Gasteiger partial charge in [-0.25, -0.2) is 8.42 Å². The van der Waals surface area contributed by atoms with Crippen LogP contribution in [0.15, 0.2) is 70.9 Å². The number of aliphatic carboxylic acids is 1. The van der Waals surface area contributed by atoms with Crippen LogP contribution in [0.2, 0.25) is 5.02 Å². The van der Waals surface area contributed by atoms with Gasteiger partial charge in [0.2, 0.25) is 0 Å². The van der Waals surface area contributed by atoms with Gasteiger partial charge in [0, 0.05) is 21.4 Å². The zero-order chi connectivity index (χ0) is 19.9. The Morgan fingerprint density at radius 3 is 2.43 bits per heavy atom. The highest BCUT2D eigenvalue weighted by Gasteiger charge is 2.63. The minimum absolute atomic E-state index is 0.0572. The van der Waals surface area contributed by atoms with Crippen molar-refractivity contribution in [2.24, 2.45) is 0 Å². The standard InChI is InChI=1S/C20H16ClNO4S2/c21-16-9-5-4-8-14(16)17-10-11-18(27-17)28(25,26)22-20(19(23)24)12-15(20)13-6-2-1-3-7-13/h1-11,15,22H,12H2,(H,23,24)/t15-,20+/m1/s1. The first-order valence-corrected chi connectivity index (χ1v) is 11.2. The fraction of sp³-hybridized carbons (Fsp3) is 0.150. The number of hydrogen-bond acceptors (Lipinski definition) is 4. The first kappa shape index (κ1) is 19.1. The molecule has 8 heteroatoms. The van der Waals surface area contributed by atoms with Gasteiger partial charge in [-0.1, -0.05) is 60.1 Å². The molecule has 2 aromatic carbocycles. The van der Waals surface area contributed by atoms with Crippen molar-refractivity contribution in [2.45, 2.75) is 22.1 Å². The highest BCUT2D eigenvalue weighted by Crippen LogP contribution is 2.52. The molecule has 4 rings (SSSR count). The number of thiophene rings is 1. The molecule has 0 amide bonds. The summed E-state index contributed by atoms with van der Waals surface area (Å²) in [6, 6.07) is 19.4. The quantitative estimate of drug-likeness (QED) is 0.605. The molecule has 2 atom stereocenters. The van der Waals surface area contributed by atoms with E-state index in [0.29, 0.717) is 9.90 Å². The average Bonchev–Trinajstić information content (AvgIpc) is 3.17. The Kier molecular flexibility index (Phi) is 4.79. The van der Waals surface area contributed by atoms with Gasteiger partial charge in [-0.15, -0.1) is 11.3 Å². The number of sulfonamides is 1. The van der Waals surface area contributed by atoms with E-state index in [-0.39, 0.29) is 10.6 Å². The third-order valence-electron chi connectivity index (χ3n) is 4.85. The van der Waals surface area contributed by atoms with Gasteiger partial charge in [0.15, 0.2) is 0 Å². The first-order chi connectivity index (χ1) is 13.3. The first-order valence-electron chi connectivity index (χ1n) is 8.50. The zero-order valence-electron chi connectivity index (χ0n) is 14.5. The lowest BCUT2D eigenvalue weighted by Gasteiger charge is -2.14. The molecular formula is C20H16ClNO4S2. The third kappa shape index (κ3) is 3.35. The van der Waals surface area contributed by atoms with Crippen molar-refractivity contribution in [3.8, 4) is 10.4 Å². The number of hydrogen-bond donors (Lipinski definition) is 2. The Morgan fingerprint density at radius 2 is 1.75 bits per heavy atom. The molecule has 0 radical (unpaired) electrons. The number of carboxylic acid groups (broad SMARTS) is 1. The number of rotatable bonds is 6. The van der Waals surface area contributed by atoms with Crippen molar-refractivity contribution >= 4 is 38.9 Å². The van der Waals surface area contributed by atoms with Crippen LogP contribution in [-0.2, 0) is 14.8 Å². The highest BCUT2D eigenvalue weighted by molar-refractivity contribution is 7.91. The molecule has 144 valence electrons. The van der Waals surface area contributed by atoms with Crippen LogP contribution < -0.4 is 4.72 Å². The number of carbonyl (C=O) groups is 1. The van der Waals surface area contributed by atoms with Gasteiger partial charge in [-0.2, -0.15) is 4.72 Å². The molecule has 0 saturated heterocycles. The van der Waals surface area contributed by atoms with Crippen molar-refractivity contribution in [1.82, 2.24) is 4.72 Å². The van der Waals surface area contributed by atoms with Gasteiger partial charge in [0.1, 0.15) is 9.75 Å². The zero-order valence-corrected chi connectivity index (χ0v) is 16.9. The van der Waals surface area contributed by atoms with Gasteiger partial charge in [-0.3, -0.25) is 4.79 Å². The van der Waals surface area contributed by atoms with Crippen LogP contribution in [0.4, 0.5) is 0 Å². The molecule has 0 bridgehead atoms. The van der Waals surface area contributed by atoms with E-state index in [4.69, 9.17) is 11.6 Å². The van der Waals surface area contributed by atoms with Crippen LogP contribution in [-0.4, -0.2) is 25.0 Å². The van der Waals surface area contributed by atoms with Gasteiger partial charge >= 0.3 is 5.97 Å². The second-order valence-electron chi connectivity index (χ2n) is 6.65. The van der Waals surface area contributed by atoms with E-state index in [9.17, 15) is 18.3 Å². The largest absolute Gasteiger partial charge is 0.480 e. The Morgan fingerprint density at radius 1 is 1.07 bits per heavy atom. The summed E-state index contributed by atoms with van der Waals surface area (Å²) in [5, 5.41) is 10.2. The lowest BCUT2D eigenvalue weighted by atomic mass is 10.1. The van der Waals surface area contributed by atoms with E-state index in [1.54, 1.807) is 18.2 Å². The van der Waals surface area contributed by atoms with Gasteiger partial charge in [0.25, 0.3) is 10.0 Å². The molecule has 5 nitrogen and oxygen atoms in total. The summed E-state index contributed by atoms with van der Waals surface area (Å²) in [5.74, 6) is -1.57. The van der Waals surface area contributed by atoms with Crippen molar-refractivity contribution in [3.63, 3.8) is 0 Å². The second-order valence-corrected chi connectivity index (χ2v) is 10.0. The van der Waals surface area contributed by atoms with E-state index in [2.05, 4.69) is 4.72 Å². The van der Waals surface area contributed by atoms with Gasteiger partial charge < -0.3 is 5.11 Å². The maximum atomic E-state index is 12.9. The molecule has 28 heavy (non-hydrogen) atoms. The monoisotopic (exact) mass is 433 g/mol. The lowest BCUT2D eigenvalue weighted by Crippen LogP contribution is -2.44. The van der Waals surface area contributed by atoms with E-state index >= 15 is 0 Å². The summed E-state index contributed by atoms with van der Waals surface area (Å²) in [4.78, 5) is 12.6. The smallest absolute Gasteiger partial charge is 0.325 e. The number of benzene rings is 2.